The summed E-state index contributed by atoms with van der Waals surface area (Å²) in [6, 6.07) is 41.7. The first-order valence-electron chi connectivity index (χ1n) is 19.6. The molecule has 0 N–H and O–H groups in total. The molecule has 16 heteroatoms. The maximum absolute atomic E-state index is 14.1. The average Bonchev–Trinajstić information content (AvgIpc) is 3.35. The molecule has 8 aromatic rings. The van der Waals surface area contributed by atoms with Crippen molar-refractivity contribution >= 4 is 44.6 Å². The molecule has 5 nitrogen and oxygen atoms in total. The van der Waals surface area contributed by atoms with E-state index in [1.807, 2.05) is 65.6 Å². The van der Waals surface area contributed by atoms with Crippen LogP contribution in [0.1, 0.15) is 43.0 Å². The molecule has 0 bridgehead atoms. The molecule has 2 heterocycles. The van der Waals surface area contributed by atoms with Crippen LogP contribution < -0.4 is 14.4 Å². The Bertz CT molecular complexity index is 3050. The number of hydrogen-bond acceptors (Lipinski definition) is 5. The smallest absolute Gasteiger partial charge is 0.200 e. The van der Waals surface area contributed by atoms with Crippen molar-refractivity contribution in [1.82, 2.24) is 0 Å². The fraction of sp³-hybridized carbons (Fsp3) is 0.0196. The Labute approximate surface area is 382 Å². The van der Waals surface area contributed by atoms with Crippen LogP contribution in [0.2, 0.25) is 0 Å². The molecule has 0 unspecified atom stereocenters. The minimum absolute atomic E-state index is 0.198. The number of ether oxygens (including phenoxy) is 2. The van der Waals surface area contributed by atoms with Crippen LogP contribution in [0.5, 0.6) is 23.0 Å². The van der Waals surface area contributed by atoms with E-state index in [4.69, 9.17) is 9.47 Å². The number of carbonyl (C=O) groups excluding carboxylic acids is 2. The lowest BCUT2D eigenvalue weighted by Gasteiger charge is -2.32. The van der Waals surface area contributed by atoms with Crippen LogP contribution in [0, 0.1) is 58.2 Å². The summed E-state index contributed by atoms with van der Waals surface area (Å²) in [6.07, 6.45) is 0.979. The fourth-order valence-electron chi connectivity index (χ4n) is 7.07. The number of fused-ring (bicyclic) bond motifs is 4. The van der Waals surface area contributed by atoms with Gasteiger partial charge < -0.3 is 14.4 Å². The van der Waals surface area contributed by atoms with Gasteiger partial charge in [-0.25, -0.2) is 43.9 Å². The highest BCUT2D eigenvalue weighted by Crippen LogP contribution is 2.50. The average molecular weight is 987 g/mol. The minimum atomic E-state index is -2.32. The molecule has 2 aliphatic rings. The molecule has 0 radical (unpaired) electrons. The summed E-state index contributed by atoms with van der Waals surface area (Å²) in [5.74, 6) is -21.3. The van der Waals surface area contributed by atoms with Crippen molar-refractivity contribution in [2.75, 3.05) is 4.90 Å². The lowest BCUT2D eigenvalue weighted by atomic mass is 10.0. The van der Waals surface area contributed by atoms with Crippen molar-refractivity contribution in [3.05, 3.63) is 242 Å². The third-order valence-electron chi connectivity index (χ3n) is 10.3. The number of halogens is 11. The van der Waals surface area contributed by atoms with E-state index in [1.165, 1.54) is 59.7 Å². The third kappa shape index (κ3) is 8.87. The quantitative estimate of drug-likeness (QED) is 0.0744. The van der Waals surface area contributed by atoms with Crippen molar-refractivity contribution in [1.29, 1.82) is 0 Å². The van der Waals surface area contributed by atoms with Gasteiger partial charge in [-0.05, 0) is 96.1 Å². The second-order valence-corrected chi connectivity index (χ2v) is 15.4. The van der Waals surface area contributed by atoms with Crippen LogP contribution in [0.15, 0.2) is 150 Å². The van der Waals surface area contributed by atoms with Crippen LogP contribution in [-0.4, -0.2) is 11.6 Å². The van der Waals surface area contributed by atoms with Crippen LogP contribution in [0.4, 0.5) is 61.0 Å². The van der Waals surface area contributed by atoms with Crippen molar-refractivity contribution in [3.8, 4) is 23.0 Å². The Morgan fingerprint density at radius 3 is 1.10 bits per heavy atom. The summed E-state index contributed by atoms with van der Waals surface area (Å²) in [5.41, 5.74) is 1.16. The lowest BCUT2D eigenvalue weighted by molar-refractivity contribution is 0.101. The zero-order valence-corrected chi connectivity index (χ0v) is 35.4. The molecule has 10 rings (SSSR count). The van der Waals surface area contributed by atoms with E-state index in [1.54, 1.807) is 12.1 Å². The predicted octanol–water partition coefficient (Wildman–Crippen LogP) is 14.9. The summed E-state index contributed by atoms with van der Waals surface area (Å²) in [6.45, 7) is 0. The Morgan fingerprint density at radius 1 is 0.388 bits per heavy atom. The van der Waals surface area contributed by atoms with E-state index < -0.39 is 80.9 Å². The number of carbonyl (C=O) groups is 2. The second kappa shape index (κ2) is 19.0. The largest absolute Gasteiger partial charge is 0.457 e. The first kappa shape index (κ1) is 45.8. The molecular weight excluding hydrogens is 960 g/mol. The van der Waals surface area contributed by atoms with Crippen LogP contribution in [-0.2, 0) is 6.42 Å². The Morgan fingerprint density at radius 2 is 0.701 bits per heavy atom. The number of benzene rings is 8. The molecule has 0 spiro atoms. The van der Waals surface area contributed by atoms with E-state index in [9.17, 15) is 53.5 Å². The number of rotatable bonds is 5. The van der Waals surface area contributed by atoms with Gasteiger partial charge in [-0.2, -0.15) is 0 Å². The molecule has 0 aromatic heterocycles. The second-order valence-electron chi connectivity index (χ2n) is 14.5. The number of ketones is 2. The Hall–Kier alpha value is -7.72. The van der Waals surface area contributed by atoms with Gasteiger partial charge in [0.1, 0.15) is 22.6 Å². The van der Waals surface area contributed by atoms with E-state index in [0.717, 1.165) is 29.3 Å². The lowest BCUT2D eigenvalue weighted by Crippen LogP contribution is -2.16. The molecule has 0 fully saturated rings. The zero-order valence-electron chi connectivity index (χ0n) is 33.8. The van der Waals surface area contributed by atoms with Crippen molar-refractivity contribution in [2.45, 2.75) is 6.42 Å². The van der Waals surface area contributed by atoms with E-state index in [-0.39, 0.29) is 11.1 Å². The number of para-hydroxylation sites is 6. The van der Waals surface area contributed by atoms with Gasteiger partial charge in [0, 0.05) is 27.7 Å². The highest BCUT2D eigenvalue weighted by molar-refractivity contribution is 9.10. The Kier molecular flexibility index (Phi) is 13.0. The topological polar surface area (TPSA) is 55.8 Å². The first-order valence-corrected chi connectivity index (χ1v) is 20.4. The molecule has 67 heavy (non-hydrogen) atoms. The van der Waals surface area contributed by atoms with Crippen LogP contribution in [0.3, 0.4) is 0 Å². The van der Waals surface area contributed by atoms with Crippen molar-refractivity contribution in [2.24, 2.45) is 0 Å². The number of hydrogen-bond donors (Lipinski definition) is 0. The maximum atomic E-state index is 14.1. The van der Waals surface area contributed by atoms with Crippen molar-refractivity contribution < 1.29 is 63.0 Å². The SMILES string of the molecule is O=C(c1ccc(Br)cc1)c1c(F)c(F)c(F)c(F)c1F.O=C(c1ccc(N2c3ccccc3Oc3ccccc32)cc1)c1c(F)c(F)c(F)c(F)c1F.c1ccc2c(c1)Cc1ccccc1O2. The molecule has 0 saturated carbocycles. The van der Waals surface area contributed by atoms with Gasteiger partial charge in [-0.1, -0.05) is 76.6 Å². The summed E-state index contributed by atoms with van der Waals surface area (Å²) in [4.78, 5) is 26.3. The van der Waals surface area contributed by atoms with E-state index >= 15 is 0 Å². The van der Waals surface area contributed by atoms with Gasteiger partial charge in [0.15, 0.2) is 69.6 Å². The molecule has 0 amide bonds. The van der Waals surface area contributed by atoms with Gasteiger partial charge in [-0.15, -0.1) is 0 Å². The maximum Gasteiger partial charge on any atom is 0.200 e. The predicted molar refractivity (Wildman–Crippen MR) is 230 cm³/mol. The third-order valence-corrected chi connectivity index (χ3v) is 10.9. The van der Waals surface area contributed by atoms with Gasteiger partial charge in [0.25, 0.3) is 0 Å². The summed E-state index contributed by atoms with van der Waals surface area (Å²) >= 11 is 3.08. The standard InChI is InChI=1S/C25H12F5NO2.C13H4BrF5O.C13H10O/c26-20-19(21(27)23(29)24(30)22(20)28)25(32)13-9-11-14(12-10-13)31-15-5-1-3-7-17(15)33-18-8-4-2-6-16(18)31;14-6-3-1-5(2-4-6)13(20)7-8(15)10(17)12(19)11(18)9(7)16;1-3-7-12-10(5-1)9-11-6-2-4-8-13(11)14-12/h1-12H;1-4H;1-8H,9H2. The van der Waals surface area contributed by atoms with Crippen LogP contribution >= 0.6 is 15.9 Å². The van der Waals surface area contributed by atoms with Gasteiger partial charge >= 0.3 is 0 Å². The zero-order chi connectivity index (χ0) is 47.7. The summed E-state index contributed by atoms with van der Waals surface area (Å²) in [7, 11) is 0. The molecule has 8 aromatic carbocycles. The number of anilines is 3. The molecule has 0 saturated heterocycles. The summed E-state index contributed by atoms with van der Waals surface area (Å²) in [5, 5.41) is 0. The highest BCUT2D eigenvalue weighted by atomic mass is 79.9. The van der Waals surface area contributed by atoms with Gasteiger partial charge in [0.05, 0.1) is 11.4 Å². The molecule has 336 valence electrons. The molecule has 2 aliphatic heterocycles. The minimum Gasteiger partial charge on any atom is -0.457 e. The Balaban J connectivity index is 0.000000151. The first-order chi connectivity index (χ1) is 32.2. The number of nitrogens with zero attached hydrogens (tertiary/aromatic N) is 1. The highest BCUT2D eigenvalue weighted by Gasteiger charge is 2.32. The molecule has 0 aliphatic carbocycles. The fourth-order valence-corrected chi connectivity index (χ4v) is 7.33. The van der Waals surface area contributed by atoms with Crippen LogP contribution in [0.25, 0.3) is 0 Å². The summed E-state index contributed by atoms with van der Waals surface area (Å²) < 4.78 is 147. The normalized spacial score (nSPS) is 11.8. The van der Waals surface area contributed by atoms with Crippen molar-refractivity contribution in [3.63, 3.8) is 0 Å². The molecule has 0 atom stereocenters. The van der Waals surface area contributed by atoms with Gasteiger partial charge in [0.2, 0.25) is 11.6 Å². The monoisotopic (exact) mass is 985 g/mol. The van der Waals surface area contributed by atoms with E-state index in [2.05, 4.69) is 40.2 Å². The molecular formula is C51H26BrF10NO4. The van der Waals surface area contributed by atoms with E-state index in [0.29, 0.717) is 21.7 Å². The van der Waals surface area contributed by atoms with Gasteiger partial charge in [-0.3, -0.25) is 9.59 Å².